The Morgan fingerprint density at radius 2 is 1.85 bits per heavy atom. The van der Waals surface area contributed by atoms with E-state index in [4.69, 9.17) is 0 Å². The minimum atomic E-state index is -4.85. The van der Waals surface area contributed by atoms with E-state index in [-0.39, 0.29) is 17.8 Å². The summed E-state index contributed by atoms with van der Waals surface area (Å²) in [5.74, 6) is -1.92. The molecule has 144 valence electrons. The maximum atomic E-state index is 13.2. The second-order valence-electron chi connectivity index (χ2n) is 5.26. The van der Waals surface area contributed by atoms with Crippen LogP contribution in [-0.2, 0) is 10.9 Å². The van der Waals surface area contributed by atoms with Crippen molar-refractivity contribution < 1.29 is 27.5 Å². The van der Waals surface area contributed by atoms with Gasteiger partial charge in [0.2, 0.25) is 0 Å². The molecule has 0 aliphatic carbocycles. The van der Waals surface area contributed by atoms with E-state index in [0.29, 0.717) is 11.8 Å². The van der Waals surface area contributed by atoms with Crippen molar-refractivity contribution in [3.05, 3.63) is 51.8 Å². The molecule has 0 radical (unpaired) electrons. The molecule has 2 rings (SSSR count). The zero-order valence-electron chi connectivity index (χ0n) is 14.3. The number of rotatable bonds is 5. The van der Waals surface area contributed by atoms with Crippen LogP contribution in [0.15, 0.2) is 34.8 Å². The highest BCUT2D eigenvalue weighted by Crippen LogP contribution is 2.32. The molecular weight excluding hydrogens is 431 g/mol. The fourth-order valence-corrected chi connectivity index (χ4v) is 2.47. The summed E-state index contributed by atoms with van der Waals surface area (Å²) in [4.78, 5) is 27.9. The first kappa shape index (κ1) is 20.7. The molecule has 27 heavy (non-hydrogen) atoms. The van der Waals surface area contributed by atoms with Gasteiger partial charge in [0.15, 0.2) is 5.69 Å². The normalized spacial score (nSPS) is 11.0. The van der Waals surface area contributed by atoms with E-state index < -0.39 is 29.4 Å². The topological polar surface area (TPSA) is 80.3 Å². The van der Waals surface area contributed by atoms with Gasteiger partial charge in [-0.3, -0.25) is 4.79 Å². The fourth-order valence-electron chi connectivity index (χ4n) is 2.20. The predicted octanol–water partition coefficient (Wildman–Crippen LogP) is 4.33. The number of amides is 1. The molecule has 0 fully saturated rings. The van der Waals surface area contributed by atoms with Crippen LogP contribution in [-0.4, -0.2) is 30.5 Å². The number of aromatic nitrogens is 1. The number of halogens is 4. The maximum absolute atomic E-state index is 13.2. The van der Waals surface area contributed by atoms with Crippen LogP contribution in [0.1, 0.15) is 33.5 Å². The number of benzene rings is 1. The van der Waals surface area contributed by atoms with Crippen LogP contribution >= 0.6 is 15.9 Å². The van der Waals surface area contributed by atoms with E-state index in [0.717, 1.165) is 11.6 Å². The zero-order valence-corrected chi connectivity index (χ0v) is 15.9. The maximum Gasteiger partial charge on any atom is 0.433 e. The molecule has 0 unspecified atom stereocenters. The molecule has 1 aromatic carbocycles. The predicted molar refractivity (Wildman–Crippen MR) is 96.8 cm³/mol. The Bertz CT molecular complexity index is 855. The summed E-state index contributed by atoms with van der Waals surface area (Å²) in [5, 5.41) is 5.22. The van der Waals surface area contributed by atoms with Crippen molar-refractivity contribution in [2.45, 2.75) is 13.1 Å². The fraction of sp³-hybridized carbons (Fsp3) is 0.235. The summed E-state index contributed by atoms with van der Waals surface area (Å²) in [6, 6.07) is 7.06. The second kappa shape index (κ2) is 8.38. The molecule has 0 saturated carbocycles. The zero-order chi connectivity index (χ0) is 20.2. The summed E-state index contributed by atoms with van der Waals surface area (Å²) in [6.07, 6.45) is -4.85. The smallest absolute Gasteiger partial charge is 0.433 e. The van der Waals surface area contributed by atoms with Crippen molar-refractivity contribution in [1.82, 2.24) is 4.98 Å². The number of alkyl halides is 3. The summed E-state index contributed by atoms with van der Waals surface area (Å²) < 4.78 is 44.9. The molecule has 10 heteroatoms. The molecule has 0 saturated heterocycles. The molecule has 1 amide bonds. The van der Waals surface area contributed by atoms with Crippen molar-refractivity contribution in [1.29, 1.82) is 0 Å². The quantitative estimate of drug-likeness (QED) is 0.669. The average Bonchev–Trinajstić information content (AvgIpc) is 2.62. The molecule has 1 aromatic heterocycles. The first-order valence-electron chi connectivity index (χ1n) is 7.68. The molecule has 2 aromatic rings. The number of carbonyl (C=O) groups is 2. The number of carbonyl (C=O) groups excluding carboxylic acids is 2. The molecule has 0 aliphatic rings. The van der Waals surface area contributed by atoms with E-state index >= 15 is 0 Å². The Kier molecular flexibility index (Phi) is 6.42. The van der Waals surface area contributed by atoms with Crippen molar-refractivity contribution in [2.75, 3.05) is 24.3 Å². The number of methoxy groups -OCH3 is 1. The van der Waals surface area contributed by atoms with Gasteiger partial charge >= 0.3 is 12.1 Å². The lowest BCUT2D eigenvalue weighted by atomic mass is 10.1. The van der Waals surface area contributed by atoms with E-state index in [9.17, 15) is 22.8 Å². The number of hydrogen-bond donors (Lipinski definition) is 2. The Balaban J connectivity index is 2.58. The summed E-state index contributed by atoms with van der Waals surface area (Å²) in [7, 11) is 1.02. The molecule has 1 heterocycles. The highest BCUT2D eigenvalue weighted by atomic mass is 79.9. The van der Waals surface area contributed by atoms with E-state index in [1.807, 2.05) is 0 Å². The molecule has 0 spiro atoms. The molecule has 6 nitrogen and oxygen atoms in total. The standard InChI is InChI=1S/C17H15BrF3N3O3/c1-3-22-13-11(15(25)23-10-6-4-9(18)5-7-10)8-12(17(19,20)21)24-14(13)16(26)27-2/h4-8,22H,3H2,1-2H3,(H,23,25). The monoisotopic (exact) mass is 445 g/mol. The minimum absolute atomic E-state index is 0.132. The van der Waals surface area contributed by atoms with Crippen LogP contribution in [0.4, 0.5) is 24.5 Å². The molecule has 0 aliphatic heterocycles. The van der Waals surface area contributed by atoms with E-state index in [1.54, 1.807) is 31.2 Å². The number of nitrogens with zero attached hydrogens (tertiary/aromatic N) is 1. The van der Waals surface area contributed by atoms with Gasteiger partial charge in [-0.1, -0.05) is 15.9 Å². The Morgan fingerprint density at radius 3 is 2.37 bits per heavy atom. The van der Waals surface area contributed by atoms with Crippen LogP contribution in [0.3, 0.4) is 0 Å². The first-order valence-corrected chi connectivity index (χ1v) is 8.48. The summed E-state index contributed by atoms with van der Waals surface area (Å²) in [6.45, 7) is 1.91. The van der Waals surface area contributed by atoms with E-state index in [1.165, 1.54) is 0 Å². The highest BCUT2D eigenvalue weighted by molar-refractivity contribution is 9.10. The molecule has 0 atom stereocenters. The van der Waals surface area contributed by atoms with Crippen LogP contribution in [0, 0.1) is 0 Å². The second-order valence-corrected chi connectivity index (χ2v) is 6.18. The van der Waals surface area contributed by atoms with Crippen molar-refractivity contribution in [3.8, 4) is 0 Å². The number of anilines is 2. The number of esters is 1. The van der Waals surface area contributed by atoms with Crippen LogP contribution < -0.4 is 10.6 Å². The lowest BCUT2D eigenvalue weighted by Crippen LogP contribution is -2.22. The Hall–Kier alpha value is -2.62. The summed E-state index contributed by atoms with van der Waals surface area (Å²) in [5.41, 5.74) is -2.12. The first-order chi connectivity index (χ1) is 12.7. The Morgan fingerprint density at radius 1 is 1.22 bits per heavy atom. The van der Waals surface area contributed by atoms with Crippen molar-refractivity contribution in [2.24, 2.45) is 0 Å². The average molecular weight is 446 g/mol. The highest BCUT2D eigenvalue weighted by Gasteiger charge is 2.36. The van der Waals surface area contributed by atoms with Crippen LogP contribution in [0.25, 0.3) is 0 Å². The summed E-state index contributed by atoms with van der Waals surface area (Å²) >= 11 is 3.25. The third-order valence-electron chi connectivity index (χ3n) is 3.39. The molecular formula is C17H15BrF3N3O3. The number of hydrogen-bond acceptors (Lipinski definition) is 5. The van der Waals surface area contributed by atoms with Gasteiger partial charge in [0.25, 0.3) is 5.91 Å². The minimum Gasteiger partial charge on any atom is -0.464 e. The Labute approximate surface area is 161 Å². The van der Waals surface area contributed by atoms with Gasteiger partial charge in [-0.15, -0.1) is 0 Å². The number of pyridine rings is 1. The lowest BCUT2D eigenvalue weighted by Gasteiger charge is -2.17. The third-order valence-corrected chi connectivity index (χ3v) is 3.92. The SMILES string of the molecule is CCNc1c(C(=O)Nc2ccc(Br)cc2)cc(C(F)(F)F)nc1C(=O)OC. The van der Waals surface area contributed by atoms with Gasteiger partial charge < -0.3 is 15.4 Å². The lowest BCUT2D eigenvalue weighted by molar-refractivity contribution is -0.141. The van der Waals surface area contributed by atoms with Gasteiger partial charge in [0.1, 0.15) is 5.69 Å². The third kappa shape index (κ3) is 4.97. The van der Waals surface area contributed by atoms with E-state index in [2.05, 4.69) is 36.3 Å². The number of nitrogens with one attached hydrogen (secondary N) is 2. The van der Waals surface area contributed by atoms with Gasteiger partial charge in [-0.25, -0.2) is 9.78 Å². The van der Waals surface area contributed by atoms with Crippen molar-refractivity contribution >= 4 is 39.2 Å². The van der Waals surface area contributed by atoms with Gasteiger partial charge in [-0.2, -0.15) is 13.2 Å². The largest absolute Gasteiger partial charge is 0.464 e. The molecule has 0 bridgehead atoms. The van der Waals surface area contributed by atoms with Crippen LogP contribution in [0.5, 0.6) is 0 Å². The van der Waals surface area contributed by atoms with Crippen LogP contribution in [0.2, 0.25) is 0 Å². The van der Waals surface area contributed by atoms with Gasteiger partial charge in [0, 0.05) is 16.7 Å². The van der Waals surface area contributed by atoms with Gasteiger partial charge in [0.05, 0.1) is 18.4 Å². The van der Waals surface area contributed by atoms with Gasteiger partial charge in [-0.05, 0) is 37.3 Å². The number of ether oxygens (including phenoxy) is 1. The molecule has 2 N–H and O–H groups in total. The van der Waals surface area contributed by atoms with Crippen molar-refractivity contribution in [3.63, 3.8) is 0 Å².